The molecule has 5 aromatic rings. The van der Waals surface area contributed by atoms with Crippen molar-refractivity contribution >= 4 is 5.57 Å². The van der Waals surface area contributed by atoms with Crippen molar-refractivity contribution in [3.05, 3.63) is 168 Å². The van der Waals surface area contributed by atoms with E-state index in [0.717, 1.165) is 11.3 Å². The predicted molar refractivity (Wildman–Crippen MR) is 179 cm³/mol. The van der Waals surface area contributed by atoms with Gasteiger partial charge < -0.3 is 4.74 Å². The van der Waals surface area contributed by atoms with Crippen LogP contribution >= 0.6 is 0 Å². The van der Waals surface area contributed by atoms with Crippen LogP contribution in [0.4, 0.5) is 0 Å². The van der Waals surface area contributed by atoms with Crippen molar-refractivity contribution < 1.29 is 4.74 Å². The van der Waals surface area contributed by atoms with Gasteiger partial charge in [-0.1, -0.05) is 110 Å². The Morgan fingerprint density at radius 2 is 1.10 bits per heavy atom. The molecule has 0 aromatic heterocycles. The second-order valence-corrected chi connectivity index (χ2v) is 11.0. The molecule has 0 saturated carbocycles. The lowest BCUT2D eigenvalue weighted by atomic mass is 9.69. The zero-order valence-electron chi connectivity index (χ0n) is 24.9. The highest BCUT2D eigenvalue weighted by Gasteiger charge is 2.51. The molecule has 1 spiro atoms. The number of fused-ring (bicyclic) bond motifs is 7. The molecule has 2 aliphatic rings. The number of methoxy groups -OCH3 is 1. The summed E-state index contributed by atoms with van der Waals surface area (Å²) in [7, 11) is 1.72. The molecule has 0 amide bonds. The first-order valence-corrected chi connectivity index (χ1v) is 14.5. The molecule has 0 heterocycles. The van der Waals surface area contributed by atoms with Gasteiger partial charge in [0.05, 0.1) is 12.5 Å². The van der Waals surface area contributed by atoms with Gasteiger partial charge in [-0.2, -0.15) is 0 Å². The molecule has 0 radical (unpaired) electrons. The van der Waals surface area contributed by atoms with Gasteiger partial charge >= 0.3 is 0 Å². The van der Waals surface area contributed by atoms with Crippen LogP contribution in [0.1, 0.15) is 41.7 Å². The molecule has 0 bridgehead atoms. The number of allylic oxidation sites excluding steroid dienone is 4. The normalized spacial score (nSPS) is 15.8. The first kappa shape index (κ1) is 27.3. The lowest BCUT2D eigenvalue weighted by molar-refractivity contribution is 0.412. The SMILES string of the molecule is C=CC.C=CC1=C(C)c2ccccc2C12c1ccccc1-c1cc(-c3ccc(-c4ccc(OC)c(C)c4)cc3)ccc12. The summed E-state index contributed by atoms with van der Waals surface area (Å²) < 4.78 is 5.44. The fraction of sp³-hybridized carbons (Fsp3) is 0.122. The number of benzene rings is 5. The Kier molecular flexibility index (Phi) is 7.04. The molecule has 0 fully saturated rings. The van der Waals surface area contributed by atoms with Gasteiger partial charge in [0.25, 0.3) is 0 Å². The van der Waals surface area contributed by atoms with Crippen molar-refractivity contribution in [3.8, 4) is 39.1 Å². The summed E-state index contributed by atoms with van der Waals surface area (Å²) >= 11 is 0. The van der Waals surface area contributed by atoms with Crippen LogP contribution in [-0.4, -0.2) is 7.11 Å². The largest absolute Gasteiger partial charge is 0.496 e. The van der Waals surface area contributed by atoms with E-state index in [1.54, 1.807) is 13.2 Å². The molecule has 42 heavy (non-hydrogen) atoms. The summed E-state index contributed by atoms with van der Waals surface area (Å²) in [5, 5.41) is 0. The Balaban J connectivity index is 0.00000101. The van der Waals surface area contributed by atoms with E-state index in [0.29, 0.717) is 0 Å². The highest BCUT2D eigenvalue weighted by Crippen LogP contribution is 2.62. The quantitative estimate of drug-likeness (QED) is 0.204. The Morgan fingerprint density at radius 1 is 0.595 bits per heavy atom. The van der Waals surface area contributed by atoms with Crippen molar-refractivity contribution in [3.63, 3.8) is 0 Å². The van der Waals surface area contributed by atoms with Crippen LogP contribution in [0.25, 0.3) is 39.0 Å². The Labute approximate surface area is 250 Å². The zero-order valence-corrected chi connectivity index (χ0v) is 24.9. The molecule has 206 valence electrons. The second kappa shape index (κ2) is 10.8. The average Bonchev–Trinajstić information content (AvgIpc) is 3.46. The summed E-state index contributed by atoms with van der Waals surface area (Å²) in [4.78, 5) is 0. The highest BCUT2D eigenvalue weighted by atomic mass is 16.5. The first-order valence-electron chi connectivity index (χ1n) is 14.5. The third-order valence-electron chi connectivity index (χ3n) is 8.74. The van der Waals surface area contributed by atoms with Crippen LogP contribution in [0.2, 0.25) is 0 Å². The average molecular weight is 545 g/mol. The van der Waals surface area contributed by atoms with Gasteiger partial charge in [-0.15, -0.1) is 6.58 Å². The molecule has 7 rings (SSSR count). The standard InChI is InChI=1S/C38H30O.C3H6/c1-5-33-25(3)30-10-6-8-12-34(30)38(33)35-13-9-7-11-31(35)32-23-29(18-20-36(32)38)27-16-14-26(15-17-27)28-19-21-37(39-4)24(2)22-28;1-3-2/h5-23H,1H2,2-4H3;3H,1H2,2H3. The van der Waals surface area contributed by atoms with Crippen LogP contribution in [0, 0.1) is 6.92 Å². The van der Waals surface area contributed by atoms with Gasteiger partial charge in [0.2, 0.25) is 0 Å². The molecule has 1 nitrogen and oxygen atoms in total. The lowest BCUT2D eigenvalue weighted by Gasteiger charge is -2.31. The van der Waals surface area contributed by atoms with Gasteiger partial charge in [-0.25, -0.2) is 0 Å². The van der Waals surface area contributed by atoms with Crippen LogP contribution in [0.3, 0.4) is 0 Å². The Morgan fingerprint density at radius 3 is 1.69 bits per heavy atom. The third kappa shape index (κ3) is 4.00. The minimum Gasteiger partial charge on any atom is -0.496 e. The number of aryl methyl sites for hydroxylation is 1. The maximum Gasteiger partial charge on any atom is 0.121 e. The maximum atomic E-state index is 5.44. The van der Waals surface area contributed by atoms with Crippen molar-refractivity contribution in [1.82, 2.24) is 0 Å². The van der Waals surface area contributed by atoms with Crippen LogP contribution in [-0.2, 0) is 5.41 Å². The number of hydrogen-bond acceptors (Lipinski definition) is 1. The minimum absolute atomic E-state index is 0.317. The van der Waals surface area contributed by atoms with Crippen LogP contribution < -0.4 is 4.74 Å². The predicted octanol–water partition coefficient (Wildman–Crippen LogP) is 10.8. The van der Waals surface area contributed by atoms with Crippen molar-refractivity contribution in [2.45, 2.75) is 26.2 Å². The molecule has 5 aromatic carbocycles. The maximum absolute atomic E-state index is 5.44. The van der Waals surface area contributed by atoms with Crippen molar-refractivity contribution in [2.24, 2.45) is 0 Å². The van der Waals surface area contributed by atoms with Crippen LogP contribution in [0.5, 0.6) is 5.75 Å². The van der Waals surface area contributed by atoms with Gasteiger partial charge in [0, 0.05) is 0 Å². The van der Waals surface area contributed by atoms with E-state index in [1.807, 2.05) is 13.0 Å². The molecule has 2 aliphatic carbocycles. The number of hydrogen-bond donors (Lipinski definition) is 0. The molecule has 0 aliphatic heterocycles. The summed E-state index contributed by atoms with van der Waals surface area (Å²) in [6.45, 7) is 13.9. The smallest absolute Gasteiger partial charge is 0.121 e. The van der Waals surface area contributed by atoms with E-state index in [2.05, 4.69) is 136 Å². The van der Waals surface area contributed by atoms with Crippen molar-refractivity contribution in [1.29, 1.82) is 0 Å². The van der Waals surface area contributed by atoms with E-state index in [1.165, 1.54) is 66.8 Å². The molecule has 0 N–H and O–H groups in total. The van der Waals surface area contributed by atoms with E-state index >= 15 is 0 Å². The summed E-state index contributed by atoms with van der Waals surface area (Å²) in [5.41, 5.74) is 16.3. The van der Waals surface area contributed by atoms with E-state index in [9.17, 15) is 0 Å². The van der Waals surface area contributed by atoms with Gasteiger partial charge in [-0.3, -0.25) is 0 Å². The van der Waals surface area contributed by atoms with Gasteiger partial charge in [0.1, 0.15) is 5.75 Å². The van der Waals surface area contributed by atoms with E-state index < -0.39 is 0 Å². The fourth-order valence-electron chi connectivity index (χ4n) is 6.97. The zero-order chi connectivity index (χ0) is 29.4. The monoisotopic (exact) mass is 544 g/mol. The van der Waals surface area contributed by atoms with Gasteiger partial charge in [-0.05, 0) is 111 Å². The number of rotatable bonds is 4. The van der Waals surface area contributed by atoms with Crippen molar-refractivity contribution in [2.75, 3.05) is 7.11 Å². The minimum atomic E-state index is -0.317. The molecule has 1 heteroatoms. The molecule has 1 atom stereocenters. The summed E-state index contributed by atoms with van der Waals surface area (Å²) in [6.07, 6.45) is 3.83. The summed E-state index contributed by atoms with van der Waals surface area (Å²) in [5.74, 6) is 0.918. The highest BCUT2D eigenvalue weighted by molar-refractivity contribution is 5.96. The first-order chi connectivity index (χ1) is 20.5. The molecular weight excluding hydrogens is 508 g/mol. The Hall–Kier alpha value is -4.88. The van der Waals surface area contributed by atoms with Crippen LogP contribution in [0.15, 0.2) is 140 Å². The lowest BCUT2D eigenvalue weighted by Crippen LogP contribution is -2.26. The summed E-state index contributed by atoms with van der Waals surface area (Å²) in [6, 6.07) is 40.0. The number of ether oxygens (including phenoxy) is 1. The molecule has 1 unspecified atom stereocenters. The molecule has 0 saturated heterocycles. The topological polar surface area (TPSA) is 9.23 Å². The second-order valence-electron chi connectivity index (χ2n) is 11.0. The van der Waals surface area contributed by atoms with Gasteiger partial charge in [0.15, 0.2) is 0 Å². The molecular formula is C41H36O. The fourth-order valence-corrected chi connectivity index (χ4v) is 6.97. The Bertz CT molecular complexity index is 1870. The third-order valence-corrected chi connectivity index (χ3v) is 8.74. The van der Waals surface area contributed by atoms with E-state index in [-0.39, 0.29) is 5.41 Å². The van der Waals surface area contributed by atoms with E-state index in [4.69, 9.17) is 4.74 Å².